The second-order valence-electron chi connectivity index (χ2n) is 7.29. The zero-order valence-corrected chi connectivity index (χ0v) is 17.0. The van der Waals surface area contributed by atoms with Crippen LogP contribution in [0.5, 0.6) is 0 Å². The van der Waals surface area contributed by atoms with E-state index >= 15 is 0 Å². The van der Waals surface area contributed by atoms with Crippen LogP contribution in [0, 0.1) is 0 Å². The molecule has 9 nitrogen and oxygen atoms in total. The Morgan fingerprint density at radius 3 is 2.26 bits per heavy atom. The number of aromatic nitrogens is 5. The molecule has 7 rings (SSSR count). The predicted molar refractivity (Wildman–Crippen MR) is 109 cm³/mol. The van der Waals surface area contributed by atoms with E-state index in [0.717, 1.165) is 0 Å². The fourth-order valence-corrected chi connectivity index (χ4v) is 7.45. The summed E-state index contributed by atoms with van der Waals surface area (Å²) in [4.78, 5) is 20.8. The van der Waals surface area contributed by atoms with Crippen LogP contribution < -0.4 is 0 Å². The number of aromatic amines is 1. The average molecular weight is 447 g/mol. The lowest BCUT2D eigenvalue weighted by Gasteiger charge is -2.00. The first-order valence-corrected chi connectivity index (χ1v) is 12.1. The van der Waals surface area contributed by atoms with Gasteiger partial charge in [-0.3, -0.25) is 15.0 Å². The van der Waals surface area contributed by atoms with E-state index in [4.69, 9.17) is 0 Å². The molecule has 5 aromatic heterocycles. The zero-order valence-electron chi connectivity index (χ0n) is 15.4. The van der Waals surface area contributed by atoms with Crippen LogP contribution in [0.15, 0.2) is 68.6 Å². The minimum atomic E-state index is -3.81. The van der Waals surface area contributed by atoms with Gasteiger partial charge in [-0.2, -0.15) is 0 Å². The molecular weight excluding hydrogens is 438 g/mol. The number of hydrogen-bond acceptors (Lipinski definition) is 8. The number of fused-ring (bicyclic) bond motifs is 10. The molecule has 0 amide bonds. The minimum absolute atomic E-state index is 0.0624. The third kappa shape index (κ3) is 1.86. The highest BCUT2D eigenvalue weighted by Crippen LogP contribution is 2.47. The van der Waals surface area contributed by atoms with Gasteiger partial charge in [-0.05, 0) is 30.3 Å². The van der Waals surface area contributed by atoms with Gasteiger partial charge in [-0.1, -0.05) is 0 Å². The van der Waals surface area contributed by atoms with E-state index < -0.39 is 19.7 Å². The summed E-state index contributed by atoms with van der Waals surface area (Å²) in [6.07, 6.45) is 4.34. The normalized spacial score (nSPS) is 16.8. The van der Waals surface area contributed by atoms with Gasteiger partial charge in [0.2, 0.25) is 19.7 Å². The highest BCUT2D eigenvalue weighted by Gasteiger charge is 2.39. The van der Waals surface area contributed by atoms with Gasteiger partial charge in [0.05, 0.1) is 32.2 Å². The molecule has 0 aromatic carbocycles. The summed E-state index contributed by atoms with van der Waals surface area (Å²) in [7, 11) is -7.54. The number of nitrogens with one attached hydrogen (secondary N) is 1. The fourth-order valence-electron chi connectivity index (χ4n) is 4.34. The fraction of sp³-hybridized carbons (Fsp3) is 0. The lowest BCUT2D eigenvalue weighted by molar-refractivity contribution is 0.595. The molecule has 31 heavy (non-hydrogen) atoms. The Morgan fingerprint density at radius 1 is 0.774 bits per heavy atom. The zero-order chi connectivity index (χ0) is 21.1. The SMILES string of the molecule is O=S1(=O)c2cccnc2-c2c1cnc1c2[nH]c2cc3c(nc21)S(=O)(=O)c1cccnc1-3. The van der Waals surface area contributed by atoms with Crippen LogP contribution >= 0.6 is 0 Å². The lowest BCUT2D eigenvalue weighted by Crippen LogP contribution is -1.99. The van der Waals surface area contributed by atoms with Gasteiger partial charge in [0.15, 0.2) is 5.03 Å². The minimum Gasteiger partial charge on any atom is -0.351 e. The van der Waals surface area contributed by atoms with E-state index in [-0.39, 0.29) is 19.7 Å². The van der Waals surface area contributed by atoms with E-state index in [1.807, 2.05) is 0 Å². The highest BCUT2D eigenvalue weighted by molar-refractivity contribution is 7.92. The third-order valence-corrected chi connectivity index (χ3v) is 9.20. The van der Waals surface area contributed by atoms with Crippen molar-refractivity contribution in [3.8, 4) is 22.5 Å². The first-order chi connectivity index (χ1) is 14.9. The van der Waals surface area contributed by atoms with Crippen LogP contribution in [0.4, 0.5) is 0 Å². The first-order valence-electron chi connectivity index (χ1n) is 9.15. The Kier molecular flexibility index (Phi) is 2.82. The van der Waals surface area contributed by atoms with E-state index in [9.17, 15) is 16.8 Å². The maximum atomic E-state index is 13.0. The first kappa shape index (κ1) is 17.0. The second-order valence-corrected chi connectivity index (χ2v) is 11.0. The highest BCUT2D eigenvalue weighted by atomic mass is 32.2. The third-order valence-electron chi connectivity index (χ3n) is 5.67. The lowest BCUT2D eigenvalue weighted by atomic mass is 10.1. The summed E-state index contributed by atoms with van der Waals surface area (Å²) in [5.74, 6) is 0. The van der Waals surface area contributed by atoms with Gasteiger partial charge in [-0.25, -0.2) is 21.8 Å². The smallest absolute Gasteiger partial charge is 0.226 e. The van der Waals surface area contributed by atoms with Crippen LogP contribution in [0.3, 0.4) is 0 Å². The quantitative estimate of drug-likeness (QED) is 0.375. The molecule has 0 saturated heterocycles. The molecule has 0 fully saturated rings. The molecule has 2 aliphatic rings. The van der Waals surface area contributed by atoms with E-state index in [1.54, 1.807) is 18.2 Å². The molecule has 1 N–H and O–H groups in total. The number of hydrogen-bond donors (Lipinski definition) is 1. The predicted octanol–water partition coefficient (Wildman–Crippen LogP) is 2.53. The monoisotopic (exact) mass is 447 g/mol. The Hall–Kier alpha value is -3.70. The topological polar surface area (TPSA) is 136 Å². The van der Waals surface area contributed by atoms with Gasteiger partial charge >= 0.3 is 0 Å². The number of H-pyrrole nitrogens is 1. The number of nitrogens with zero attached hydrogens (tertiary/aromatic N) is 4. The maximum absolute atomic E-state index is 13.0. The number of pyridine rings is 4. The Morgan fingerprint density at radius 2 is 1.48 bits per heavy atom. The van der Waals surface area contributed by atoms with Crippen molar-refractivity contribution in [2.45, 2.75) is 19.7 Å². The molecular formula is C20H9N5O4S2. The van der Waals surface area contributed by atoms with Crippen LogP contribution in [-0.4, -0.2) is 41.8 Å². The molecule has 0 radical (unpaired) electrons. The molecule has 150 valence electrons. The molecule has 11 heteroatoms. The summed E-state index contributed by atoms with van der Waals surface area (Å²) in [6, 6.07) is 7.82. The summed E-state index contributed by atoms with van der Waals surface area (Å²) >= 11 is 0. The second kappa shape index (κ2) is 5.13. The Bertz CT molecular complexity index is 1880. The van der Waals surface area contributed by atoms with Gasteiger partial charge in [-0.15, -0.1) is 0 Å². The molecule has 0 saturated carbocycles. The number of rotatable bonds is 0. The molecule has 0 unspecified atom stereocenters. The van der Waals surface area contributed by atoms with Crippen LogP contribution in [0.1, 0.15) is 0 Å². The summed E-state index contributed by atoms with van der Waals surface area (Å²) in [6.45, 7) is 0. The van der Waals surface area contributed by atoms with Gasteiger partial charge in [0.25, 0.3) is 0 Å². The maximum Gasteiger partial charge on any atom is 0.226 e. The molecule has 0 bridgehead atoms. The van der Waals surface area contributed by atoms with Crippen molar-refractivity contribution in [3.63, 3.8) is 0 Å². The molecule has 7 heterocycles. The van der Waals surface area contributed by atoms with Crippen molar-refractivity contribution < 1.29 is 16.8 Å². The van der Waals surface area contributed by atoms with Crippen LogP contribution in [-0.2, 0) is 19.7 Å². The standard InChI is InChI=1S/C20H9N5O4S2/c26-30(27)12-4-2-6-22-17(12)14-13(30)8-23-19-16-10(24-18(14)19)7-9-15-11(3-1-5-21-15)31(28,29)20(9)25-16/h1-8,24H. The molecule has 5 aromatic rings. The van der Waals surface area contributed by atoms with Crippen molar-refractivity contribution in [1.82, 2.24) is 24.9 Å². The van der Waals surface area contributed by atoms with Crippen LogP contribution in [0.2, 0.25) is 0 Å². The van der Waals surface area contributed by atoms with Gasteiger partial charge < -0.3 is 4.98 Å². The average Bonchev–Trinajstić information content (AvgIpc) is 3.33. The number of sulfone groups is 2. The van der Waals surface area contributed by atoms with E-state index in [2.05, 4.69) is 24.9 Å². The van der Waals surface area contributed by atoms with E-state index in [0.29, 0.717) is 44.6 Å². The van der Waals surface area contributed by atoms with Crippen molar-refractivity contribution in [1.29, 1.82) is 0 Å². The molecule has 0 spiro atoms. The Balaban J connectivity index is 1.63. The summed E-state index contributed by atoms with van der Waals surface area (Å²) in [5, 5.41) is -0.0805. The Labute approximate surface area is 174 Å². The molecule has 2 aliphatic heterocycles. The van der Waals surface area contributed by atoms with Crippen LogP contribution in [0.25, 0.3) is 44.6 Å². The van der Waals surface area contributed by atoms with Gasteiger partial charge in [0, 0.05) is 29.7 Å². The van der Waals surface area contributed by atoms with Gasteiger partial charge in [0.1, 0.15) is 15.9 Å². The summed E-state index contributed by atoms with van der Waals surface area (Å²) in [5.41, 5.74) is 3.20. The molecule has 0 atom stereocenters. The summed E-state index contributed by atoms with van der Waals surface area (Å²) < 4.78 is 51.8. The largest absolute Gasteiger partial charge is 0.351 e. The molecule has 0 aliphatic carbocycles. The van der Waals surface area contributed by atoms with E-state index in [1.165, 1.54) is 30.7 Å². The van der Waals surface area contributed by atoms with Crippen molar-refractivity contribution in [2.75, 3.05) is 0 Å². The van der Waals surface area contributed by atoms with Crippen molar-refractivity contribution in [3.05, 3.63) is 48.9 Å². The van der Waals surface area contributed by atoms with Crippen molar-refractivity contribution >= 4 is 41.7 Å². The van der Waals surface area contributed by atoms with Crippen molar-refractivity contribution in [2.24, 2.45) is 0 Å².